The van der Waals surface area contributed by atoms with E-state index < -0.39 is 6.04 Å². The number of amides is 2. The van der Waals surface area contributed by atoms with Crippen molar-refractivity contribution in [3.63, 3.8) is 0 Å². The van der Waals surface area contributed by atoms with Crippen molar-refractivity contribution in [2.45, 2.75) is 32.7 Å². The molecule has 1 aliphatic rings. The Hall–Kier alpha value is -3.20. The molecule has 1 aliphatic heterocycles. The SMILES string of the molecule is COc1cccc(C(=O)N[C@H](C(=O)NCC(C)C)C2CCN(C(=S)Nc3ccc(F)cc3)CC2)c1. The molecule has 1 saturated heterocycles. The summed E-state index contributed by atoms with van der Waals surface area (Å²) < 4.78 is 18.4. The van der Waals surface area contributed by atoms with Gasteiger partial charge >= 0.3 is 0 Å². The highest BCUT2D eigenvalue weighted by Gasteiger charge is 2.33. The van der Waals surface area contributed by atoms with Gasteiger partial charge in [-0.1, -0.05) is 19.9 Å². The summed E-state index contributed by atoms with van der Waals surface area (Å²) >= 11 is 5.53. The molecule has 1 fully saturated rings. The second kappa shape index (κ2) is 12.5. The first-order chi connectivity index (χ1) is 16.8. The van der Waals surface area contributed by atoms with E-state index in [2.05, 4.69) is 16.0 Å². The number of hydrogen-bond donors (Lipinski definition) is 3. The number of halogens is 1. The van der Waals surface area contributed by atoms with Gasteiger partial charge in [-0.3, -0.25) is 9.59 Å². The summed E-state index contributed by atoms with van der Waals surface area (Å²) in [6.07, 6.45) is 1.37. The zero-order valence-corrected chi connectivity index (χ0v) is 21.2. The molecule has 188 valence electrons. The van der Waals surface area contributed by atoms with Crippen LogP contribution in [0.4, 0.5) is 10.1 Å². The van der Waals surface area contributed by atoms with Crippen molar-refractivity contribution in [2.24, 2.45) is 11.8 Å². The number of nitrogens with one attached hydrogen (secondary N) is 3. The van der Waals surface area contributed by atoms with Crippen LogP contribution >= 0.6 is 12.2 Å². The van der Waals surface area contributed by atoms with Crippen molar-refractivity contribution < 1.29 is 18.7 Å². The Bertz CT molecular complexity index is 1020. The van der Waals surface area contributed by atoms with Gasteiger partial charge in [0, 0.05) is 30.9 Å². The molecule has 1 atom stereocenters. The number of nitrogens with zero attached hydrogens (tertiary/aromatic N) is 1. The number of benzene rings is 2. The van der Waals surface area contributed by atoms with E-state index in [9.17, 15) is 14.0 Å². The van der Waals surface area contributed by atoms with Crippen molar-refractivity contribution in [3.8, 4) is 5.75 Å². The molecule has 0 saturated carbocycles. The summed E-state index contributed by atoms with van der Waals surface area (Å²) in [4.78, 5) is 28.1. The van der Waals surface area contributed by atoms with E-state index in [0.717, 1.165) is 5.69 Å². The van der Waals surface area contributed by atoms with Crippen LogP contribution in [0.5, 0.6) is 5.75 Å². The van der Waals surface area contributed by atoms with E-state index >= 15 is 0 Å². The summed E-state index contributed by atoms with van der Waals surface area (Å²) in [6, 6.07) is 12.2. The van der Waals surface area contributed by atoms with Gasteiger partial charge in [-0.05, 0) is 79.4 Å². The first kappa shape index (κ1) is 26.4. The maximum Gasteiger partial charge on any atom is 0.252 e. The highest BCUT2D eigenvalue weighted by molar-refractivity contribution is 7.80. The van der Waals surface area contributed by atoms with Crippen molar-refractivity contribution in [1.82, 2.24) is 15.5 Å². The van der Waals surface area contributed by atoms with Crippen molar-refractivity contribution in [2.75, 3.05) is 32.1 Å². The lowest BCUT2D eigenvalue weighted by Gasteiger charge is -2.37. The summed E-state index contributed by atoms with van der Waals surface area (Å²) in [6.45, 7) is 5.87. The Morgan fingerprint density at radius 2 is 1.83 bits per heavy atom. The van der Waals surface area contributed by atoms with Crippen LogP contribution in [0.25, 0.3) is 0 Å². The minimum Gasteiger partial charge on any atom is -0.497 e. The average Bonchev–Trinajstić information content (AvgIpc) is 2.87. The number of anilines is 1. The van der Waals surface area contributed by atoms with Gasteiger partial charge in [-0.25, -0.2) is 4.39 Å². The number of rotatable bonds is 8. The summed E-state index contributed by atoms with van der Waals surface area (Å²) in [5.74, 6) is 0.0333. The summed E-state index contributed by atoms with van der Waals surface area (Å²) in [5, 5.41) is 9.61. The Morgan fingerprint density at radius 1 is 1.14 bits per heavy atom. The molecule has 1 heterocycles. The van der Waals surface area contributed by atoms with Gasteiger partial charge in [-0.2, -0.15) is 0 Å². The van der Waals surface area contributed by atoms with Crippen molar-refractivity contribution in [3.05, 3.63) is 59.9 Å². The van der Waals surface area contributed by atoms with Gasteiger partial charge < -0.3 is 25.6 Å². The van der Waals surface area contributed by atoms with Crippen LogP contribution in [0.3, 0.4) is 0 Å². The molecule has 7 nitrogen and oxygen atoms in total. The first-order valence-electron chi connectivity index (χ1n) is 11.8. The quantitative estimate of drug-likeness (QED) is 0.478. The Kier molecular flexibility index (Phi) is 9.42. The molecule has 3 N–H and O–H groups in total. The maximum atomic E-state index is 13.2. The van der Waals surface area contributed by atoms with Gasteiger partial charge in [0.25, 0.3) is 5.91 Å². The number of ether oxygens (including phenoxy) is 1. The van der Waals surface area contributed by atoms with Crippen LogP contribution in [0.15, 0.2) is 48.5 Å². The van der Waals surface area contributed by atoms with E-state index in [1.165, 1.54) is 12.1 Å². The van der Waals surface area contributed by atoms with Crippen molar-refractivity contribution >= 4 is 34.8 Å². The minimum atomic E-state index is -0.659. The molecule has 0 bridgehead atoms. The Balaban J connectivity index is 1.65. The standard InChI is InChI=1S/C26H33FN4O3S/c1-17(2)16-28-25(33)23(30-24(32)19-5-4-6-22(15-19)34-3)18-11-13-31(14-12-18)26(35)29-21-9-7-20(27)8-10-21/h4-10,15,17-18,23H,11-14,16H2,1-3H3,(H,28,33)(H,29,35)(H,30,32)/t23-/m0/s1. The number of carbonyl (C=O) groups is 2. The molecule has 3 rings (SSSR count). The third kappa shape index (κ3) is 7.65. The summed E-state index contributed by atoms with van der Waals surface area (Å²) in [5.41, 5.74) is 1.16. The van der Waals surface area contributed by atoms with Gasteiger partial charge in [0.15, 0.2) is 5.11 Å². The summed E-state index contributed by atoms with van der Waals surface area (Å²) in [7, 11) is 1.54. The van der Waals surface area contributed by atoms with Gasteiger partial charge in [0.05, 0.1) is 7.11 Å². The molecular weight excluding hydrogens is 467 g/mol. The zero-order valence-electron chi connectivity index (χ0n) is 20.3. The fraction of sp³-hybridized carbons (Fsp3) is 0.423. The lowest BCUT2D eigenvalue weighted by atomic mass is 9.88. The Labute approximate surface area is 211 Å². The number of hydrogen-bond acceptors (Lipinski definition) is 4. The lowest BCUT2D eigenvalue weighted by Crippen LogP contribution is -2.54. The number of likely N-dealkylation sites (tertiary alicyclic amines) is 1. The fourth-order valence-corrected chi connectivity index (χ4v) is 4.27. The van der Waals surface area contributed by atoms with Gasteiger partial charge in [0.1, 0.15) is 17.6 Å². The largest absolute Gasteiger partial charge is 0.497 e. The highest BCUT2D eigenvalue weighted by atomic mass is 32.1. The smallest absolute Gasteiger partial charge is 0.252 e. The monoisotopic (exact) mass is 500 g/mol. The van der Waals surface area contributed by atoms with Crippen LogP contribution in [0.2, 0.25) is 0 Å². The molecule has 0 radical (unpaired) electrons. The number of piperidine rings is 1. The van der Waals surface area contributed by atoms with E-state index in [0.29, 0.717) is 54.8 Å². The topological polar surface area (TPSA) is 82.7 Å². The molecule has 0 aliphatic carbocycles. The Morgan fingerprint density at radius 3 is 2.46 bits per heavy atom. The van der Waals surface area contributed by atoms with E-state index in [-0.39, 0.29) is 23.5 Å². The molecule has 0 aromatic heterocycles. The van der Waals surface area contributed by atoms with Crippen LogP contribution in [-0.2, 0) is 4.79 Å². The number of carbonyl (C=O) groups excluding carboxylic acids is 2. The third-order valence-corrected chi connectivity index (χ3v) is 6.34. The normalized spacial score (nSPS) is 14.8. The molecule has 0 spiro atoms. The van der Waals surface area contributed by atoms with Crippen LogP contribution in [-0.4, -0.2) is 54.6 Å². The average molecular weight is 501 g/mol. The molecule has 2 aromatic carbocycles. The molecule has 35 heavy (non-hydrogen) atoms. The number of thiocarbonyl (C=S) groups is 1. The number of methoxy groups -OCH3 is 1. The zero-order chi connectivity index (χ0) is 25.4. The second-order valence-electron chi connectivity index (χ2n) is 9.08. The van der Waals surface area contributed by atoms with Crippen LogP contribution in [0.1, 0.15) is 37.0 Å². The van der Waals surface area contributed by atoms with Crippen LogP contribution < -0.4 is 20.7 Å². The van der Waals surface area contributed by atoms with E-state index in [1.54, 1.807) is 43.5 Å². The third-order valence-electron chi connectivity index (χ3n) is 5.98. The second-order valence-corrected chi connectivity index (χ2v) is 9.47. The molecule has 0 unspecified atom stereocenters. The maximum absolute atomic E-state index is 13.2. The first-order valence-corrected chi connectivity index (χ1v) is 12.2. The van der Waals surface area contributed by atoms with Gasteiger partial charge in [0.2, 0.25) is 5.91 Å². The lowest BCUT2D eigenvalue weighted by molar-refractivity contribution is -0.124. The van der Waals surface area contributed by atoms with Crippen molar-refractivity contribution in [1.29, 1.82) is 0 Å². The predicted molar refractivity (Wildman–Crippen MR) is 139 cm³/mol. The van der Waals surface area contributed by atoms with E-state index in [1.807, 2.05) is 18.7 Å². The molecule has 9 heteroatoms. The van der Waals surface area contributed by atoms with Gasteiger partial charge in [-0.15, -0.1) is 0 Å². The fourth-order valence-electron chi connectivity index (χ4n) is 3.97. The van der Waals surface area contributed by atoms with Crippen LogP contribution in [0, 0.1) is 17.7 Å². The molecular formula is C26H33FN4O3S. The predicted octanol–water partition coefficient (Wildman–Crippen LogP) is 3.81. The van der Waals surface area contributed by atoms with E-state index in [4.69, 9.17) is 17.0 Å². The highest BCUT2D eigenvalue weighted by Crippen LogP contribution is 2.23. The minimum absolute atomic E-state index is 0.0402. The molecule has 2 aromatic rings. The molecule has 2 amide bonds.